The number of amides is 1. The Morgan fingerprint density at radius 1 is 1.11 bits per heavy atom. The van der Waals surface area contributed by atoms with E-state index in [2.05, 4.69) is 15.0 Å². The molecule has 1 aromatic heterocycles. The van der Waals surface area contributed by atoms with Crippen LogP contribution < -0.4 is 9.80 Å². The van der Waals surface area contributed by atoms with Crippen molar-refractivity contribution in [2.45, 2.75) is 18.8 Å². The lowest BCUT2D eigenvalue weighted by Gasteiger charge is -2.50. The number of rotatable bonds is 6. The van der Waals surface area contributed by atoms with Crippen LogP contribution >= 0.6 is 0 Å². The molecule has 184 valence electrons. The summed E-state index contributed by atoms with van der Waals surface area (Å²) >= 11 is 0. The molecular formula is C24H26F2N6O3. The van der Waals surface area contributed by atoms with Crippen LogP contribution in [0.3, 0.4) is 0 Å². The summed E-state index contributed by atoms with van der Waals surface area (Å²) in [6.45, 7) is 3.12. The zero-order chi connectivity index (χ0) is 24.6. The van der Waals surface area contributed by atoms with Gasteiger partial charge in [-0.15, -0.1) is 0 Å². The quantitative estimate of drug-likeness (QED) is 0.574. The number of aryl methyl sites for hydroxylation is 1. The molecule has 1 atom stereocenters. The van der Waals surface area contributed by atoms with Crippen LogP contribution in [0.5, 0.6) is 0 Å². The third kappa shape index (κ3) is 4.10. The van der Waals surface area contributed by atoms with Crippen molar-refractivity contribution in [1.29, 1.82) is 0 Å². The molecule has 1 amide bonds. The summed E-state index contributed by atoms with van der Waals surface area (Å²) in [5, 5.41) is 16.1. The van der Waals surface area contributed by atoms with E-state index in [-0.39, 0.29) is 12.1 Å². The molecule has 35 heavy (non-hydrogen) atoms. The van der Waals surface area contributed by atoms with E-state index in [1.54, 1.807) is 24.1 Å². The maximum atomic E-state index is 15.0. The number of aliphatic hydroxyl groups is 1. The van der Waals surface area contributed by atoms with Crippen molar-refractivity contribution < 1.29 is 23.4 Å². The monoisotopic (exact) mass is 484 g/mol. The average Bonchev–Trinajstić information content (AvgIpc) is 3.38. The Hall–Kier alpha value is -3.57. The number of benzene rings is 2. The van der Waals surface area contributed by atoms with Crippen LogP contribution in [-0.2, 0) is 17.1 Å². The van der Waals surface area contributed by atoms with E-state index in [0.29, 0.717) is 56.6 Å². The molecule has 0 saturated carbocycles. The fourth-order valence-corrected chi connectivity index (χ4v) is 4.72. The summed E-state index contributed by atoms with van der Waals surface area (Å²) in [5.41, 5.74) is 1.50. The number of nitrogens with zero attached hydrogens (tertiary/aromatic N) is 6. The third-order valence-electron chi connectivity index (χ3n) is 6.57. The van der Waals surface area contributed by atoms with Gasteiger partial charge in [-0.05, 0) is 36.8 Å². The molecule has 1 saturated heterocycles. The van der Waals surface area contributed by atoms with Crippen LogP contribution in [0.4, 0.5) is 20.2 Å². The molecule has 0 bridgehead atoms. The lowest BCUT2D eigenvalue weighted by molar-refractivity contribution is -0.0992. The fraction of sp³-hybridized carbons (Fsp3) is 0.375. The SMILES string of the molecule is CN1c2cc(N3CCOCC3)ccc2C(=O)N(CCCn2cncn2)C1(O)c1ccc(F)cc1F. The minimum absolute atomic E-state index is 0.0982. The molecule has 2 aliphatic heterocycles. The van der Waals surface area contributed by atoms with Gasteiger partial charge < -0.3 is 19.6 Å². The van der Waals surface area contributed by atoms with Gasteiger partial charge in [0.25, 0.3) is 11.8 Å². The molecular weight excluding hydrogens is 458 g/mol. The van der Waals surface area contributed by atoms with Gasteiger partial charge >= 0.3 is 0 Å². The first kappa shape index (κ1) is 23.2. The van der Waals surface area contributed by atoms with Gasteiger partial charge in [0.05, 0.1) is 30.0 Å². The van der Waals surface area contributed by atoms with Gasteiger partial charge in [-0.25, -0.2) is 13.8 Å². The summed E-state index contributed by atoms with van der Waals surface area (Å²) < 4.78 is 35.8. The number of carbonyl (C=O) groups is 1. The summed E-state index contributed by atoms with van der Waals surface area (Å²) in [6, 6.07) is 8.37. The van der Waals surface area contributed by atoms with Crippen molar-refractivity contribution in [3.8, 4) is 0 Å². The summed E-state index contributed by atoms with van der Waals surface area (Å²) in [5.74, 6) is -4.33. The van der Waals surface area contributed by atoms with E-state index in [4.69, 9.17) is 4.74 Å². The predicted octanol–water partition coefficient (Wildman–Crippen LogP) is 2.18. The molecule has 0 spiro atoms. The predicted molar refractivity (Wildman–Crippen MR) is 124 cm³/mol. The second-order valence-electron chi connectivity index (χ2n) is 8.59. The summed E-state index contributed by atoms with van der Waals surface area (Å²) in [7, 11) is 1.60. The Bertz CT molecular complexity index is 1220. The van der Waals surface area contributed by atoms with E-state index in [9.17, 15) is 14.3 Å². The van der Waals surface area contributed by atoms with Crippen LogP contribution in [0.15, 0.2) is 49.1 Å². The molecule has 2 aliphatic rings. The van der Waals surface area contributed by atoms with Crippen LogP contribution in [0.25, 0.3) is 0 Å². The highest BCUT2D eigenvalue weighted by atomic mass is 19.1. The van der Waals surface area contributed by atoms with Gasteiger partial charge in [0.15, 0.2) is 0 Å². The van der Waals surface area contributed by atoms with Gasteiger partial charge in [0, 0.05) is 45.0 Å². The summed E-state index contributed by atoms with van der Waals surface area (Å²) in [6.07, 6.45) is 3.39. The smallest absolute Gasteiger partial charge is 0.259 e. The standard InChI is InChI=1S/C24H26F2N6O3/c1-29-22-14-18(30-9-11-35-12-10-30)4-5-19(22)23(33)32(8-2-7-31-16-27-15-28-31)24(29,34)20-6-3-17(25)13-21(20)26/h3-6,13-16,34H,2,7-12H2,1H3. The topological polar surface area (TPSA) is 87.0 Å². The minimum Gasteiger partial charge on any atom is -0.378 e. The Balaban J connectivity index is 1.55. The molecule has 0 radical (unpaired) electrons. The largest absolute Gasteiger partial charge is 0.378 e. The summed E-state index contributed by atoms with van der Waals surface area (Å²) in [4.78, 5) is 22.4. The number of ether oxygens (including phenoxy) is 1. The maximum Gasteiger partial charge on any atom is 0.259 e. The molecule has 5 rings (SSSR count). The number of anilines is 2. The molecule has 2 aromatic carbocycles. The van der Waals surface area contributed by atoms with Gasteiger partial charge in [-0.1, -0.05) is 0 Å². The molecule has 3 heterocycles. The Morgan fingerprint density at radius 2 is 1.91 bits per heavy atom. The highest BCUT2D eigenvalue weighted by molar-refractivity contribution is 6.03. The van der Waals surface area contributed by atoms with Crippen LogP contribution in [0.1, 0.15) is 22.3 Å². The normalized spacial score (nSPS) is 20.3. The Morgan fingerprint density at radius 3 is 2.63 bits per heavy atom. The van der Waals surface area contributed by atoms with Crippen molar-refractivity contribution in [2.75, 3.05) is 49.7 Å². The van der Waals surface area contributed by atoms with E-state index < -0.39 is 23.4 Å². The first-order valence-electron chi connectivity index (χ1n) is 11.4. The van der Waals surface area contributed by atoms with Crippen LogP contribution in [-0.4, -0.2) is 70.6 Å². The van der Waals surface area contributed by atoms with Gasteiger partial charge in [0.1, 0.15) is 24.3 Å². The van der Waals surface area contributed by atoms with Crippen molar-refractivity contribution in [2.24, 2.45) is 0 Å². The average molecular weight is 485 g/mol. The van der Waals surface area contributed by atoms with Crippen molar-refractivity contribution in [3.05, 3.63) is 71.8 Å². The Labute approximate surface area is 201 Å². The van der Waals surface area contributed by atoms with Gasteiger partial charge in [0.2, 0.25) is 0 Å². The minimum atomic E-state index is -2.17. The molecule has 1 fully saturated rings. The van der Waals surface area contributed by atoms with E-state index >= 15 is 4.39 Å². The first-order valence-corrected chi connectivity index (χ1v) is 11.4. The number of carbonyl (C=O) groups excluding carboxylic acids is 1. The molecule has 11 heteroatoms. The van der Waals surface area contributed by atoms with Crippen molar-refractivity contribution in [1.82, 2.24) is 19.7 Å². The molecule has 0 aliphatic carbocycles. The highest BCUT2D eigenvalue weighted by Gasteiger charge is 2.50. The zero-order valence-corrected chi connectivity index (χ0v) is 19.3. The van der Waals surface area contributed by atoms with E-state index in [0.717, 1.165) is 11.8 Å². The number of hydrogen-bond acceptors (Lipinski definition) is 7. The maximum absolute atomic E-state index is 15.0. The molecule has 1 N–H and O–H groups in total. The second kappa shape index (κ2) is 9.23. The van der Waals surface area contributed by atoms with Crippen molar-refractivity contribution in [3.63, 3.8) is 0 Å². The number of fused-ring (bicyclic) bond motifs is 1. The second-order valence-corrected chi connectivity index (χ2v) is 8.59. The van der Waals surface area contributed by atoms with Crippen molar-refractivity contribution >= 4 is 17.3 Å². The van der Waals surface area contributed by atoms with E-state index in [1.165, 1.54) is 22.2 Å². The first-order chi connectivity index (χ1) is 16.9. The zero-order valence-electron chi connectivity index (χ0n) is 19.3. The van der Waals surface area contributed by atoms with Gasteiger partial charge in [-0.2, -0.15) is 5.10 Å². The highest BCUT2D eigenvalue weighted by Crippen LogP contribution is 2.43. The van der Waals surface area contributed by atoms with Crippen LogP contribution in [0.2, 0.25) is 0 Å². The number of hydrogen-bond donors (Lipinski definition) is 1. The molecule has 3 aromatic rings. The fourth-order valence-electron chi connectivity index (χ4n) is 4.72. The number of morpholine rings is 1. The lowest BCUT2D eigenvalue weighted by Crippen LogP contribution is -2.63. The Kier molecular flexibility index (Phi) is 6.12. The number of halogens is 2. The molecule has 9 nitrogen and oxygen atoms in total. The van der Waals surface area contributed by atoms with E-state index in [1.807, 2.05) is 12.1 Å². The number of aromatic nitrogens is 3. The lowest BCUT2D eigenvalue weighted by atomic mass is 9.97. The van der Waals surface area contributed by atoms with Crippen LogP contribution in [0, 0.1) is 11.6 Å². The third-order valence-corrected chi connectivity index (χ3v) is 6.57. The molecule has 1 unspecified atom stereocenters. The van der Waals surface area contributed by atoms with Gasteiger partial charge in [-0.3, -0.25) is 14.4 Å².